The minimum Gasteiger partial charge on any atom is -0.370 e. The molecule has 0 aliphatic heterocycles. The number of rotatable bonds is 5. The number of nitrogens with zero attached hydrogens (tertiary/aromatic N) is 1. The molecule has 2 aromatic rings. The molecular formula is C17H22N2. The van der Waals surface area contributed by atoms with E-state index >= 15 is 0 Å². The van der Waals surface area contributed by atoms with Gasteiger partial charge in [0.25, 0.3) is 0 Å². The zero-order valence-corrected chi connectivity index (χ0v) is 12.0. The number of nitrogens with one attached hydrogen (secondary N) is 1. The summed E-state index contributed by atoms with van der Waals surface area (Å²) in [6.07, 6.45) is 0. The average molecular weight is 254 g/mol. The van der Waals surface area contributed by atoms with Crippen molar-refractivity contribution in [3.05, 3.63) is 65.2 Å². The van der Waals surface area contributed by atoms with Crippen molar-refractivity contribution in [1.82, 2.24) is 5.32 Å². The normalized spacial score (nSPS) is 10.5. The first-order chi connectivity index (χ1) is 9.20. The molecule has 100 valence electrons. The van der Waals surface area contributed by atoms with Crippen LogP contribution in [0.3, 0.4) is 0 Å². The van der Waals surface area contributed by atoms with Crippen molar-refractivity contribution in [3.8, 4) is 0 Å². The van der Waals surface area contributed by atoms with Gasteiger partial charge in [0, 0.05) is 25.8 Å². The Labute approximate surface area is 116 Å². The van der Waals surface area contributed by atoms with E-state index in [0.717, 1.165) is 13.1 Å². The molecule has 0 bridgehead atoms. The number of anilines is 1. The van der Waals surface area contributed by atoms with Gasteiger partial charge in [0.2, 0.25) is 0 Å². The molecule has 0 heterocycles. The van der Waals surface area contributed by atoms with E-state index in [9.17, 15) is 0 Å². The molecule has 2 heteroatoms. The molecule has 0 unspecified atom stereocenters. The van der Waals surface area contributed by atoms with Crippen molar-refractivity contribution >= 4 is 5.69 Å². The highest BCUT2D eigenvalue weighted by atomic mass is 15.1. The highest BCUT2D eigenvalue weighted by Crippen LogP contribution is 2.18. The molecule has 2 nitrogen and oxygen atoms in total. The van der Waals surface area contributed by atoms with Gasteiger partial charge in [-0.1, -0.05) is 42.0 Å². The van der Waals surface area contributed by atoms with E-state index in [1.807, 2.05) is 7.05 Å². The third kappa shape index (κ3) is 3.58. The lowest BCUT2D eigenvalue weighted by Gasteiger charge is -2.21. The fourth-order valence-electron chi connectivity index (χ4n) is 2.22. The number of aryl methyl sites for hydroxylation is 1. The maximum Gasteiger partial charge on any atom is 0.0429 e. The third-order valence-electron chi connectivity index (χ3n) is 3.37. The van der Waals surface area contributed by atoms with Crippen LogP contribution in [0, 0.1) is 6.92 Å². The van der Waals surface area contributed by atoms with Gasteiger partial charge in [0.05, 0.1) is 0 Å². The van der Waals surface area contributed by atoms with Crippen LogP contribution in [-0.2, 0) is 13.1 Å². The second kappa shape index (κ2) is 6.39. The Kier molecular flexibility index (Phi) is 4.58. The summed E-state index contributed by atoms with van der Waals surface area (Å²) in [7, 11) is 4.13. The SMILES string of the molecule is CNCc1ccccc1CN(C)c1ccc(C)cc1. The van der Waals surface area contributed by atoms with E-state index in [4.69, 9.17) is 0 Å². The molecule has 0 radical (unpaired) electrons. The Morgan fingerprint density at radius 3 is 2.21 bits per heavy atom. The first kappa shape index (κ1) is 13.6. The summed E-state index contributed by atoms with van der Waals surface area (Å²) in [5.41, 5.74) is 5.29. The first-order valence-electron chi connectivity index (χ1n) is 6.70. The topological polar surface area (TPSA) is 15.3 Å². The van der Waals surface area contributed by atoms with E-state index < -0.39 is 0 Å². The van der Waals surface area contributed by atoms with E-state index in [0.29, 0.717) is 0 Å². The number of benzene rings is 2. The maximum atomic E-state index is 3.23. The van der Waals surface area contributed by atoms with E-state index in [1.54, 1.807) is 0 Å². The minimum atomic E-state index is 0.915. The Morgan fingerprint density at radius 1 is 0.947 bits per heavy atom. The molecule has 0 amide bonds. The Balaban J connectivity index is 2.14. The summed E-state index contributed by atoms with van der Waals surface area (Å²) in [6.45, 7) is 3.96. The molecule has 1 N–H and O–H groups in total. The predicted molar refractivity (Wildman–Crippen MR) is 82.5 cm³/mol. The lowest BCUT2D eigenvalue weighted by Crippen LogP contribution is -2.18. The molecule has 0 aromatic heterocycles. The lowest BCUT2D eigenvalue weighted by molar-refractivity contribution is 0.795. The maximum absolute atomic E-state index is 3.23. The van der Waals surface area contributed by atoms with Gasteiger partial charge in [0.15, 0.2) is 0 Å². The van der Waals surface area contributed by atoms with Crippen LogP contribution in [0.4, 0.5) is 5.69 Å². The van der Waals surface area contributed by atoms with Crippen molar-refractivity contribution in [2.24, 2.45) is 0 Å². The van der Waals surface area contributed by atoms with Crippen molar-refractivity contribution in [3.63, 3.8) is 0 Å². The van der Waals surface area contributed by atoms with E-state index in [1.165, 1.54) is 22.4 Å². The summed E-state index contributed by atoms with van der Waals surface area (Å²) in [4.78, 5) is 2.29. The molecule has 19 heavy (non-hydrogen) atoms. The molecule has 2 aromatic carbocycles. The summed E-state index contributed by atoms with van der Waals surface area (Å²) in [5, 5.41) is 3.23. The van der Waals surface area contributed by atoms with Gasteiger partial charge in [-0.25, -0.2) is 0 Å². The smallest absolute Gasteiger partial charge is 0.0429 e. The zero-order chi connectivity index (χ0) is 13.7. The van der Waals surface area contributed by atoms with Gasteiger partial charge >= 0.3 is 0 Å². The van der Waals surface area contributed by atoms with Crippen LogP contribution in [0.5, 0.6) is 0 Å². The Bertz CT molecular complexity index is 517. The number of hydrogen-bond donors (Lipinski definition) is 1. The molecule has 2 rings (SSSR count). The fourth-order valence-corrected chi connectivity index (χ4v) is 2.22. The Hall–Kier alpha value is -1.80. The molecular weight excluding hydrogens is 232 g/mol. The van der Waals surface area contributed by atoms with E-state index in [2.05, 4.69) is 72.7 Å². The van der Waals surface area contributed by atoms with E-state index in [-0.39, 0.29) is 0 Å². The quantitative estimate of drug-likeness (QED) is 0.880. The fraction of sp³-hybridized carbons (Fsp3) is 0.294. The van der Waals surface area contributed by atoms with Crippen LogP contribution >= 0.6 is 0 Å². The molecule has 0 fully saturated rings. The van der Waals surface area contributed by atoms with Gasteiger partial charge in [0.1, 0.15) is 0 Å². The second-order valence-corrected chi connectivity index (χ2v) is 4.99. The van der Waals surface area contributed by atoms with Crippen LogP contribution in [0.1, 0.15) is 16.7 Å². The second-order valence-electron chi connectivity index (χ2n) is 4.99. The summed E-state index contributed by atoms with van der Waals surface area (Å²) in [6, 6.07) is 17.3. The third-order valence-corrected chi connectivity index (χ3v) is 3.37. The standard InChI is InChI=1S/C17H22N2/c1-14-8-10-17(11-9-14)19(3)13-16-7-5-4-6-15(16)12-18-2/h4-11,18H,12-13H2,1-3H3. The first-order valence-corrected chi connectivity index (χ1v) is 6.70. The molecule has 0 aliphatic carbocycles. The minimum absolute atomic E-state index is 0.915. The monoisotopic (exact) mass is 254 g/mol. The van der Waals surface area contributed by atoms with Gasteiger partial charge < -0.3 is 10.2 Å². The van der Waals surface area contributed by atoms with Gasteiger partial charge in [-0.05, 0) is 37.2 Å². The van der Waals surface area contributed by atoms with Crippen LogP contribution in [-0.4, -0.2) is 14.1 Å². The van der Waals surface area contributed by atoms with Crippen molar-refractivity contribution < 1.29 is 0 Å². The molecule has 0 spiro atoms. The molecule has 0 atom stereocenters. The molecule has 0 saturated heterocycles. The van der Waals surface area contributed by atoms with Crippen molar-refractivity contribution in [2.45, 2.75) is 20.0 Å². The van der Waals surface area contributed by atoms with Crippen LogP contribution < -0.4 is 10.2 Å². The number of hydrogen-bond acceptors (Lipinski definition) is 2. The highest BCUT2D eigenvalue weighted by Gasteiger charge is 2.05. The predicted octanol–water partition coefficient (Wildman–Crippen LogP) is 3.35. The largest absolute Gasteiger partial charge is 0.370 e. The lowest BCUT2D eigenvalue weighted by atomic mass is 10.1. The van der Waals surface area contributed by atoms with Gasteiger partial charge in [-0.3, -0.25) is 0 Å². The summed E-state index contributed by atoms with van der Waals surface area (Å²) < 4.78 is 0. The van der Waals surface area contributed by atoms with Crippen LogP contribution in [0.15, 0.2) is 48.5 Å². The summed E-state index contributed by atoms with van der Waals surface area (Å²) in [5.74, 6) is 0. The van der Waals surface area contributed by atoms with Gasteiger partial charge in [-0.15, -0.1) is 0 Å². The molecule has 0 aliphatic rings. The average Bonchev–Trinajstić information content (AvgIpc) is 2.42. The zero-order valence-electron chi connectivity index (χ0n) is 12.0. The summed E-state index contributed by atoms with van der Waals surface area (Å²) >= 11 is 0. The highest BCUT2D eigenvalue weighted by molar-refractivity contribution is 5.47. The van der Waals surface area contributed by atoms with Crippen LogP contribution in [0.25, 0.3) is 0 Å². The Morgan fingerprint density at radius 2 is 1.58 bits per heavy atom. The van der Waals surface area contributed by atoms with Crippen LogP contribution in [0.2, 0.25) is 0 Å². The molecule has 0 saturated carbocycles. The van der Waals surface area contributed by atoms with Crippen molar-refractivity contribution in [1.29, 1.82) is 0 Å². The van der Waals surface area contributed by atoms with Gasteiger partial charge in [-0.2, -0.15) is 0 Å². The van der Waals surface area contributed by atoms with Crippen molar-refractivity contribution in [2.75, 3.05) is 19.0 Å².